The first-order valence-electron chi connectivity index (χ1n) is 4.84. The van der Waals surface area contributed by atoms with Crippen LogP contribution in [0, 0.1) is 5.82 Å². The molecular weight excluding hydrogens is 285 g/mol. The Morgan fingerprint density at radius 2 is 2.06 bits per heavy atom. The van der Waals surface area contributed by atoms with Gasteiger partial charge >= 0.3 is 5.97 Å². The second kappa shape index (κ2) is 5.21. The Labute approximate surface area is 109 Å². The molecule has 1 atom stereocenters. The van der Waals surface area contributed by atoms with Gasteiger partial charge in [0.2, 0.25) is 10.0 Å². The molecule has 0 saturated heterocycles. The topological polar surface area (TPSA) is 74.7 Å². The minimum absolute atomic E-state index is 0.0559. The highest BCUT2D eigenvalue weighted by molar-refractivity contribution is 7.89. The number of carboxylic acids is 1. The minimum Gasteiger partial charge on any atom is -0.480 e. The quantitative estimate of drug-likeness (QED) is 0.915. The van der Waals surface area contributed by atoms with Crippen LogP contribution in [0.2, 0.25) is 5.02 Å². The monoisotopic (exact) mass is 295 g/mol. The van der Waals surface area contributed by atoms with Gasteiger partial charge in [-0.3, -0.25) is 4.79 Å². The average Bonchev–Trinajstić information content (AvgIpc) is 2.26. The fourth-order valence-corrected chi connectivity index (χ4v) is 2.72. The summed E-state index contributed by atoms with van der Waals surface area (Å²) in [5, 5.41) is 8.81. The van der Waals surface area contributed by atoms with Gasteiger partial charge in [0.15, 0.2) is 0 Å². The van der Waals surface area contributed by atoms with Crippen LogP contribution in [0.15, 0.2) is 23.1 Å². The van der Waals surface area contributed by atoms with Gasteiger partial charge in [0.1, 0.15) is 16.8 Å². The van der Waals surface area contributed by atoms with Crippen molar-refractivity contribution in [1.29, 1.82) is 0 Å². The van der Waals surface area contributed by atoms with E-state index in [1.807, 2.05) is 0 Å². The van der Waals surface area contributed by atoms with Crippen LogP contribution in [0.1, 0.15) is 6.92 Å². The van der Waals surface area contributed by atoms with Crippen LogP contribution in [-0.4, -0.2) is 36.9 Å². The smallest absolute Gasteiger partial charge is 0.321 e. The summed E-state index contributed by atoms with van der Waals surface area (Å²) in [6, 6.07) is 1.77. The van der Waals surface area contributed by atoms with Gasteiger partial charge in [-0.05, 0) is 25.1 Å². The highest BCUT2D eigenvalue weighted by Gasteiger charge is 2.31. The van der Waals surface area contributed by atoms with Gasteiger partial charge in [-0.25, -0.2) is 12.8 Å². The average molecular weight is 296 g/mol. The van der Waals surface area contributed by atoms with Crippen LogP contribution in [0.4, 0.5) is 4.39 Å². The normalized spacial score (nSPS) is 13.6. The molecule has 0 fully saturated rings. The molecule has 0 spiro atoms. The second-order valence-electron chi connectivity index (χ2n) is 3.61. The molecule has 18 heavy (non-hydrogen) atoms. The Balaban J connectivity index is 3.25. The third kappa shape index (κ3) is 2.80. The zero-order chi connectivity index (χ0) is 14.1. The zero-order valence-electron chi connectivity index (χ0n) is 9.59. The molecule has 0 aliphatic carbocycles. The third-order valence-electron chi connectivity index (χ3n) is 2.45. The molecule has 1 N–H and O–H groups in total. The van der Waals surface area contributed by atoms with Crippen LogP contribution in [0.3, 0.4) is 0 Å². The van der Waals surface area contributed by atoms with Gasteiger partial charge in [-0.1, -0.05) is 11.6 Å². The highest BCUT2D eigenvalue weighted by Crippen LogP contribution is 2.22. The number of aliphatic carboxylic acids is 1. The Bertz CT molecular complexity index is 575. The van der Waals surface area contributed by atoms with E-state index >= 15 is 0 Å². The zero-order valence-corrected chi connectivity index (χ0v) is 11.2. The van der Waals surface area contributed by atoms with Crippen molar-refractivity contribution >= 4 is 27.6 Å². The molecule has 0 saturated carbocycles. The lowest BCUT2D eigenvalue weighted by molar-refractivity contribution is -0.140. The van der Waals surface area contributed by atoms with E-state index in [0.29, 0.717) is 4.31 Å². The number of hydrogen-bond donors (Lipinski definition) is 1. The van der Waals surface area contributed by atoms with E-state index in [1.165, 1.54) is 13.0 Å². The SMILES string of the molecule is CC(C(=O)O)N(C)S(=O)(=O)c1ccc(Cl)cc1F. The molecule has 0 aliphatic rings. The van der Waals surface area contributed by atoms with Gasteiger partial charge in [-0.2, -0.15) is 4.31 Å². The summed E-state index contributed by atoms with van der Waals surface area (Å²) in [7, 11) is -3.14. The van der Waals surface area contributed by atoms with Crippen molar-refractivity contribution in [2.75, 3.05) is 7.05 Å². The Morgan fingerprint density at radius 3 is 2.50 bits per heavy atom. The molecule has 1 rings (SSSR count). The fourth-order valence-electron chi connectivity index (χ4n) is 1.20. The lowest BCUT2D eigenvalue weighted by Gasteiger charge is -2.21. The van der Waals surface area contributed by atoms with Crippen molar-refractivity contribution in [1.82, 2.24) is 4.31 Å². The first-order valence-corrected chi connectivity index (χ1v) is 6.65. The summed E-state index contributed by atoms with van der Waals surface area (Å²) in [6.07, 6.45) is 0. The van der Waals surface area contributed by atoms with Crippen LogP contribution in [0.25, 0.3) is 0 Å². The van der Waals surface area contributed by atoms with Crippen molar-refractivity contribution in [3.8, 4) is 0 Å². The van der Waals surface area contributed by atoms with Gasteiger partial charge in [0, 0.05) is 12.1 Å². The van der Waals surface area contributed by atoms with Gasteiger partial charge in [0.25, 0.3) is 0 Å². The molecule has 0 bridgehead atoms. The molecule has 0 radical (unpaired) electrons. The molecule has 0 aliphatic heterocycles. The summed E-state index contributed by atoms with van der Waals surface area (Å²) < 4.78 is 38.1. The lowest BCUT2D eigenvalue weighted by atomic mass is 10.3. The summed E-state index contributed by atoms with van der Waals surface area (Å²) in [5.74, 6) is -2.35. The molecular formula is C10H11ClFNO4S. The van der Waals surface area contributed by atoms with Crippen molar-refractivity contribution in [3.63, 3.8) is 0 Å². The predicted molar refractivity (Wildman–Crippen MR) is 63.5 cm³/mol. The van der Waals surface area contributed by atoms with E-state index in [2.05, 4.69) is 0 Å². The lowest BCUT2D eigenvalue weighted by Crippen LogP contribution is -2.40. The molecule has 0 aromatic heterocycles. The molecule has 1 aromatic carbocycles. The predicted octanol–water partition coefficient (Wildman–Crippen LogP) is 1.57. The van der Waals surface area contributed by atoms with Gasteiger partial charge < -0.3 is 5.11 Å². The minimum atomic E-state index is -4.21. The standard InChI is InChI=1S/C10H11ClFNO4S/c1-6(10(14)15)13(2)18(16,17)9-4-3-7(11)5-8(9)12/h3-6H,1-2H3,(H,14,15). The molecule has 5 nitrogen and oxygen atoms in total. The molecule has 100 valence electrons. The number of halogens is 2. The molecule has 0 amide bonds. The summed E-state index contributed by atoms with van der Waals surface area (Å²) >= 11 is 5.52. The maximum Gasteiger partial charge on any atom is 0.321 e. The number of likely N-dealkylation sites (N-methyl/N-ethyl adjacent to an activating group) is 1. The number of benzene rings is 1. The van der Waals surface area contributed by atoms with E-state index in [4.69, 9.17) is 16.7 Å². The van der Waals surface area contributed by atoms with E-state index in [9.17, 15) is 17.6 Å². The molecule has 0 heterocycles. The van der Waals surface area contributed by atoms with E-state index in [-0.39, 0.29) is 5.02 Å². The van der Waals surface area contributed by atoms with Crippen molar-refractivity contribution in [2.45, 2.75) is 17.9 Å². The maximum absolute atomic E-state index is 13.5. The van der Waals surface area contributed by atoms with Crippen LogP contribution >= 0.6 is 11.6 Å². The van der Waals surface area contributed by atoms with Crippen molar-refractivity contribution < 1.29 is 22.7 Å². The molecule has 1 aromatic rings. The first kappa shape index (κ1) is 14.9. The molecule has 1 unspecified atom stereocenters. The Kier molecular flexibility index (Phi) is 4.31. The summed E-state index contributed by atoms with van der Waals surface area (Å²) in [5.41, 5.74) is 0. The van der Waals surface area contributed by atoms with Crippen molar-refractivity contribution in [3.05, 3.63) is 29.0 Å². The van der Waals surface area contributed by atoms with E-state index in [1.54, 1.807) is 0 Å². The summed E-state index contributed by atoms with van der Waals surface area (Å²) in [4.78, 5) is 10.1. The van der Waals surface area contributed by atoms with E-state index in [0.717, 1.165) is 19.2 Å². The third-order valence-corrected chi connectivity index (χ3v) is 4.65. The number of rotatable bonds is 4. The van der Waals surface area contributed by atoms with Crippen molar-refractivity contribution in [2.24, 2.45) is 0 Å². The molecule has 8 heteroatoms. The maximum atomic E-state index is 13.5. The Morgan fingerprint density at radius 1 is 1.50 bits per heavy atom. The van der Waals surface area contributed by atoms with Gasteiger partial charge in [0.05, 0.1) is 0 Å². The first-order chi connectivity index (χ1) is 8.17. The second-order valence-corrected chi connectivity index (χ2v) is 6.01. The summed E-state index contributed by atoms with van der Waals surface area (Å²) in [6.45, 7) is 1.19. The number of carboxylic acid groups (broad SMARTS) is 1. The van der Waals surface area contributed by atoms with Crippen LogP contribution in [0.5, 0.6) is 0 Å². The highest BCUT2D eigenvalue weighted by atomic mass is 35.5. The van der Waals surface area contributed by atoms with Gasteiger partial charge in [-0.15, -0.1) is 0 Å². The number of sulfonamides is 1. The number of hydrogen-bond acceptors (Lipinski definition) is 3. The fraction of sp³-hybridized carbons (Fsp3) is 0.300. The van der Waals surface area contributed by atoms with Crippen LogP contribution in [-0.2, 0) is 14.8 Å². The number of nitrogens with zero attached hydrogens (tertiary/aromatic N) is 1. The number of carbonyl (C=O) groups is 1. The Hall–Kier alpha value is -1.18. The van der Waals surface area contributed by atoms with Crippen LogP contribution < -0.4 is 0 Å². The largest absolute Gasteiger partial charge is 0.480 e. The van der Waals surface area contributed by atoms with E-state index < -0.39 is 32.7 Å².